The molecule has 38 heavy (non-hydrogen) atoms. The maximum absolute atomic E-state index is 13.7. The van der Waals surface area contributed by atoms with E-state index in [2.05, 4.69) is 25.7 Å². The summed E-state index contributed by atoms with van der Waals surface area (Å²) < 4.78 is 39.3. The van der Waals surface area contributed by atoms with Crippen LogP contribution in [0.1, 0.15) is 61.9 Å². The third-order valence-electron chi connectivity index (χ3n) is 7.12. The summed E-state index contributed by atoms with van der Waals surface area (Å²) in [5.74, 6) is 0.862. The number of benzene rings is 1. The SMILES string of the molecule is COc1cnc(C)c(Nc2cc([C@H]3CC[C@@H](OC(=O)NC4(C)CC4)C3)n(S(=O)(=O)c3ccc(C)cc3)n2)n1. The van der Waals surface area contributed by atoms with Crippen LogP contribution >= 0.6 is 0 Å². The summed E-state index contributed by atoms with van der Waals surface area (Å²) >= 11 is 0. The smallest absolute Gasteiger partial charge is 0.407 e. The van der Waals surface area contributed by atoms with Crippen molar-refractivity contribution >= 4 is 27.8 Å². The van der Waals surface area contributed by atoms with E-state index in [1.807, 2.05) is 13.8 Å². The number of nitrogens with zero attached hydrogens (tertiary/aromatic N) is 4. The molecule has 2 atom stereocenters. The van der Waals surface area contributed by atoms with Crippen LogP contribution in [0.2, 0.25) is 0 Å². The first-order valence-corrected chi connectivity index (χ1v) is 14.1. The predicted octanol–water partition coefficient (Wildman–Crippen LogP) is 4.19. The Hall–Kier alpha value is -3.67. The minimum atomic E-state index is -3.99. The van der Waals surface area contributed by atoms with Crippen molar-refractivity contribution in [2.24, 2.45) is 0 Å². The highest BCUT2D eigenvalue weighted by molar-refractivity contribution is 7.89. The normalized spacial score (nSPS) is 20.1. The summed E-state index contributed by atoms with van der Waals surface area (Å²) in [7, 11) is -2.50. The second kappa shape index (κ2) is 9.90. The molecule has 2 N–H and O–H groups in total. The Bertz CT molecular complexity index is 1450. The van der Waals surface area contributed by atoms with E-state index >= 15 is 0 Å². The minimum Gasteiger partial charge on any atom is -0.480 e. The van der Waals surface area contributed by atoms with Gasteiger partial charge in [-0.25, -0.2) is 4.79 Å². The van der Waals surface area contributed by atoms with E-state index in [1.54, 1.807) is 37.3 Å². The molecule has 0 saturated heterocycles. The van der Waals surface area contributed by atoms with Crippen molar-refractivity contribution in [3.63, 3.8) is 0 Å². The highest BCUT2D eigenvalue weighted by Gasteiger charge is 2.40. The summed E-state index contributed by atoms with van der Waals surface area (Å²) in [5.41, 5.74) is 1.90. The lowest BCUT2D eigenvalue weighted by molar-refractivity contribution is 0.0966. The number of methoxy groups -OCH3 is 1. The Kier molecular flexibility index (Phi) is 6.76. The summed E-state index contributed by atoms with van der Waals surface area (Å²) in [6.45, 7) is 5.67. The van der Waals surface area contributed by atoms with Crippen molar-refractivity contribution in [3.8, 4) is 5.88 Å². The van der Waals surface area contributed by atoms with Gasteiger partial charge < -0.3 is 20.1 Å². The monoisotopic (exact) mass is 540 g/mol. The van der Waals surface area contributed by atoms with Gasteiger partial charge in [0.05, 0.1) is 29.6 Å². The van der Waals surface area contributed by atoms with Gasteiger partial charge in [-0.15, -0.1) is 5.10 Å². The molecule has 2 aliphatic carbocycles. The zero-order valence-corrected chi connectivity index (χ0v) is 22.7. The summed E-state index contributed by atoms with van der Waals surface area (Å²) in [6, 6.07) is 8.37. The number of ether oxygens (including phenoxy) is 2. The Morgan fingerprint density at radius 3 is 2.58 bits per heavy atom. The number of alkyl carbamates (subject to hydrolysis) is 1. The number of hydrogen-bond donors (Lipinski definition) is 2. The quantitative estimate of drug-likeness (QED) is 0.431. The van der Waals surface area contributed by atoms with E-state index in [9.17, 15) is 13.2 Å². The molecule has 2 aromatic heterocycles. The van der Waals surface area contributed by atoms with Gasteiger partial charge in [0.25, 0.3) is 10.0 Å². The molecule has 2 fully saturated rings. The Morgan fingerprint density at radius 2 is 1.89 bits per heavy atom. The van der Waals surface area contributed by atoms with Gasteiger partial charge in [-0.3, -0.25) is 4.98 Å². The molecule has 0 radical (unpaired) electrons. The topological polar surface area (TPSA) is 137 Å². The van der Waals surface area contributed by atoms with Crippen molar-refractivity contribution in [1.82, 2.24) is 24.5 Å². The lowest BCUT2D eigenvalue weighted by atomic mass is 10.0. The molecule has 5 rings (SSSR count). The van der Waals surface area contributed by atoms with Crippen LogP contribution < -0.4 is 15.4 Å². The van der Waals surface area contributed by atoms with Crippen LogP contribution in [0.25, 0.3) is 0 Å². The van der Waals surface area contributed by atoms with E-state index in [-0.39, 0.29) is 22.5 Å². The highest BCUT2D eigenvalue weighted by atomic mass is 32.2. The fourth-order valence-corrected chi connectivity index (χ4v) is 5.90. The van der Waals surface area contributed by atoms with Crippen LogP contribution in [0.3, 0.4) is 0 Å². The molecular weight excluding hydrogens is 508 g/mol. The van der Waals surface area contributed by atoms with Crippen molar-refractivity contribution in [3.05, 3.63) is 53.5 Å². The third kappa shape index (κ3) is 5.45. The van der Waals surface area contributed by atoms with Crippen molar-refractivity contribution in [1.29, 1.82) is 0 Å². The van der Waals surface area contributed by atoms with Gasteiger partial charge in [0, 0.05) is 17.5 Å². The first-order chi connectivity index (χ1) is 18.1. The van der Waals surface area contributed by atoms with E-state index in [0.29, 0.717) is 48.2 Å². The lowest BCUT2D eigenvalue weighted by Crippen LogP contribution is -2.36. The third-order valence-corrected chi connectivity index (χ3v) is 8.74. The minimum absolute atomic E-state index is 0.138. The molecule has 202 valence electrons. The molecule has 2 saturated carbocycles. The molecular formula is C26H32N6O5S. The zero-order valence-electron chi connectivity index (χ0n) is 21.9. The van der Waals surface area contributed by atoms with E-state index < -0.39 is 16.1 Å². The van der Waals surface area contributed by atoms with Crippen LogP contribution in [0.5, 0.6) is 5.88 Å². The number of rotatable bonds is 8. The summed E-state index contributed by atoms with van der Waals surface area (Å²) in [6.07, 6.45) is 4.44. The van der Waals surface area contributed by atoms with Crippen LogP contribution in [-0.4, -0.2) is 52.4 Å². The molecule has 0 unspecified atom stereocenters. The maximum Gasteiger partial charge on any atom is 0.407 e. The van der Waals surface area contributed by atoms with Gasteiger partial charge >= 0.3 is 6.09 Å². The highest BCUT2D eigenvalue weighted by Crippen LogP contribution is 2.39. The van der Waals surface area contributed by atoms with E-state index in [0.717, 1.165) is 22.5 Å². The van der Waals surface area contributed by atoms with Gasteiger partial charge in [-0.2, -0.15) is 17.5 Å². The summed E-state index contributed by atoms with van der Waals surface area (Å²) in [5, 5.41) is 10.5. The Morgan fingerprint density at radius 1 is 1.16 bits per heavy atom. The molecule has 12 heteroatoms. The fourth-order valence-electron chi connectivity index (χ4n) is 4.54. The zero-order chi connectivity index (χ0) is 27.1. The lowest BCUT2D eigenvalue weighted by Gasteiger charge is -2.17. The number of nitrogens with one attached hydrogen (secondary N) is 2. The number of amides is 1. The van der Waals surface area contributed by atoms with Crippen molar-refractivity contribution in [2.75, 3.05) is 12.4 Å². The molecule has 3 aromatic rings. The van der Waals surface area contributed by atoms with Crippen molar-refractivity contribution < 1.29 is 22.7 Å². The first kappa shape index (κ1) is 26.0. The van der Waals surface area contributed by atoms with Crippen LogP contribution in [-0.2, 0) is 14.8 Å². The molecule has 2 heterocycles. The van der Waals surface area contributed by atoms with E-state index in [4.69, 9.17) is 9.47 Å². The van der Waals surface area contributed by atoms with Crippen LogP contribution in [0.15, 0.2) is 41.4 Å². The van der Waals surface area contributed by atoms with E-state index in [1.165, 1.54) is 13.3 Å². The Labute approximate surface area is 222 Å². The predicted molar refractivity (Wildman–Crippen MR) is 140 cm³/mol. The molecule has 0 aliphatic heterocycles. The molecule has 0 spiro atoms. The Balaban J connectivity index is 1.44. The molecule has 0 bridgehead atoms. The number of carbonyl (C=O) groups is 1. The second-order valence-corrected chi connectivity index (χ2v) is 12.1. The van der Waals surface area contributed by atoms with Gasteiger partial charge in [-0.05, 0) is 65.0 Å². The number of aromatic nitrogens is 4. The van der Waals surface area contributed by atoms with Gasteiger partial charge in [-0.1, -0.05) is 17.7 Å². The number of aryl methyl sites for hydroxylation is 2. The summed E-state index contributed by atoms with van der Waals surface area (Å²) in [4.78, 5) is 21.1. The molecule has 2 aliphatic rings. The number of anilines is 2. The maximum atomic E-state index is 13.7. The van der Waals surface area contributed by atoms with Gasteiger partial charge in [0.1, 0.15) is 6.10 Å². The van der Waals surface area contributed by atoms with Crippen molar-refractivity contribution in [2.45, 2.75) is 75.3 Å². The number of carbonyl (C=O) groups excluding carboxylic acids is 1. The standard InChI is InChI=1S/C26H32N6O5S/c1-16-5-9-20(10-6-16)38(34,35)32-21(14-22(31-32)28-24-17(2)27-15-23(29-24)36-4)18-7-8-19(13-18)37-25(33)30-26(3)11-12-26/h5-6,9-10,14-15,18-19H,7-8,11-13H2,1-4H3,(H,30,33)(H,28,29,31)/t18-,19+/m0/s1. The van der Waals surface area contributed by atoms with Crippen LogP contribution in [0, 0.1) is 13.8 Å². The van der Waals surface area contributed by atoms with Gasteiger partial charge in [0.2, 0.25) is 5.88 Å². The molecule has 1 amide bonds. The van der Waals surface area contributed by atoms with Gasteiger partial charge in [0.15, 0.2) is 11.6 Å². The van der Waals surface area contributed by atoms with Crippen LogP contribution in [0.4, 0.5) is 16.4 Å². The largest absolute Gasteiger partial charge is 0.480 e. The average Bonchev–Trinajstić information content (AvgIpc) is 3.24. The average molecular weight is 541 g/mol. The molecule has 1 aromatic carbocycles. The molecule has 11 nitrogen and oxygen atoms in total. The number of hydrogen-bond acceptors (Lipinski definition) is 9. The second-order valence-electron chi connectivity index (χ2n) is 10.3. The first-order valence-electron chi connectivity index (χ1n) is 12.6. The fraction of sp³-hybridized carbons (Fsp3) is 0.462.